The molecule has 23 heavy (non-hydrogen) atoms. The molecule has 1 spiro atoms. The molecule has 0 bridgehead atoms. The first-order chi connectivity index (χ1) is 11.1. The van der Waals surface area contributed by atoms with Gasteiger partial charge in [-0.05, 0) is 25.3 Å². The topological polar surface area (TPSA) is 100 Å². The van der Waals surface area contributed by atoms with Crippen molar-refractivity contribution in [3.8, 4) is 0 Å². The van der Waals surface area contributed by atoms with Crippen LogP contribution in [0.5, 0.6) is 0 Å². The van der Waals surface area contributed by atoms with Crippen molar-refractivity contribution in [3.63, 3.8) is 0 Å². The van der Waals surface area contributed by atoms with E-state index in [1.807, 2.05) is 6.92 Å². The Kier molecular flexibility index (Phi) is 4.11. The van der Waals surface area contributed by atoms with E-state index >= 15 is 0 Å². The molecule has 0 radical (unpaired) electrons. The van der Waals surface area contributed by atoms with Crippen molar-refractivity contribution in [2.45, 2.75) is 44.6 Å². The summed E-state index contributed by atoms with van der Waals surface area (Å²) < 4.78 is 5.34. The number of carbonyl (C=O) groups is 3. The normalized spacial score (nSPS) is 26.4. The lowest BCUT2D eigenvalue weighted by Gasteiger charge is -2.28. The third-order valence-electron chi connectivity index (χ3n) is 4.77. The summed E-state index contributed by atoms with van der Waals surface area (Å²) in [6, 6.07) is 1.21. The Morgan fingerprint density at radius 1 is 1.48 bits per heavy atom. The quantitative estimate of drug-likeness (QED) is 0.713. The number of amides is 4. The van der Waals surface area contributed by atoms with Crippen LogP contribution in [0.1, 0.15) is 48.7 Å². The molecule has 3 N–H and O–H groups in total. The Morgan fingerprint density at radius 3 is 3.00 bits per heavy atom. The maximum absolute atomic E-state index is 12.3. The number of urea groups is 1. The maximum Gasteiger partial charge on any atom is 0.322 e. The van der Waals surface area contributed by atoms with Crippen molar-refractivity contribution < 1.29 is 18.8 Å². The standard InChI is InChI=1S/C16H21N3O4/c1-2-4-12-11(6-8-23-12)13(20)17-9-10-5-3-7-16(10)14(21)18-15(22)19-16/h6,8,10H,2-5,7,9H2,1H3,(H,17,20)(H2,18,19,21,22)/t10-,16-/m0/s1. The summed E-state index contributed by atoms with van der Waals surface area (Å²) in [7, 11) is 0. The summed E-state index contributed by atoms with van der Waals surface area (Å²) in [6.07, 6.45) is 5.37. The molecule has 7 nitrogen and oxygen atoms in total. The molecule has 2 heterocycles. The van der Waals surface area contributed by atoms with E-state index in [-0.39, 0.29) is 17.7 Å². The second kappa shape index (κ2) is 6.06. The fraction of sp³-hybridized carbons (Fsp3) is 0.562. The van der Waals surface area contributed by atoms with Gasteiger partial charge in [0.1, 0.15) is 11.3 Å². The number of hydrogen-bond donors (Lipinski definition) is 3. The summed E-state index contributed by atoms with van der Waals surface area (Å²) in [5.74, 6) is 0.0979. The van der Waals surface area contributed by atoms with Crippen LogP contribution >= 0.6 is 0 Å². The molecule has 4 amide bonds. The highest BCUT2D eigenvalue weighted by Crippen LogP contribution is 2.37. The van der Waals surface area contributed by atoms with Crippen molar-refractivity contribution in [1.82, 2.24) is 16.0 Å². The van der Waals surface area contributed by atoms with Crippen LogP contribution in [0.4, 0.5) is 4.79 Å². The van der Waals surface area contributed by atoms with Gasteiger partial charge in [-0.2, -0.15) is 0 Å². The minimum atomic E-state index is -0.868. The lowest BCUT2D eigenvalue weighted by atomic mass is 9.87. The first-order valence-electron chi connectivity index (χ1n) is 8.05. The van der Waals surface area contributed by atoms with Crippen LogP contribution in [0, 0.1) is 5.92 Å². The molecule has 1 aliphatic carbocycles. The van der Waals surface area contributed by atoms with E-state index in [4.69, 9.17) is 4.42 Å². The Labute approximate surface area is 134 Å². The van der Waals surface area contributed by atoms with Crippen LogP contribution in [-0.4, -0.2) is 29.9 Å². The second-order valence-corrected chi connectivity index (χ2v) is 6.19. The molecular formula is C16H21N3O4. The number of aryl methyl sites for hydroxylation is 1. The molecule has 1 aromatic rings. The average Bonchev–Trinajstić information content (AvgIpc) is 3.19. The number of carbonyl (C=O) groups excluding carboxylic acids is 3. The van der Waals surface area contributed by atoms with Crippen molar-refractivity contribution in [2.75, 3.05) is 6.54 Å². The Balaban J connectivity index is 1.66. The highest BCUT2D eigenvalue weighted by molar-refractivity contribution is 6.07. The fourth-order valence-electron chi connectivity index (χ4n) is 3.60. The van der Waals surface area contributed by atoms with Gasteiger partial charge < -0.3 is 15.1 Å². The zero-order chi connectivity index (χ0) is 16.4. The van der Waals surface area contributed by atoms with Crippen LogP contribution in [0.25, 0.3) is 0 Å². The van der Waals surface area contributed by atoms with Gasteiger partial charge in [0.2, 0.25) is 0 Å². The molecule has 1 saturated heterocycles. The Morgan fingerprint density at radius 2 is 2.30 bits per heavy atom. The van der Waals surface area contributed by atoms with Crippen molar-refractivity contribution in [2.24, 2.45) is 5.92 Å². The number of nitrogens with one attached hydrogen (secondary N) is 3. The zero-order valence-corrected chi connectivity index (χ0v) is 13.1. The summed E-state index contributed by atoms with van der Waals surface area (Å²) in [6.45, 7) is 2.37. The van der Waals surface area contributed by atoms with E-state index in [1.54, 1.807) is 6.07 Å². The lowest BCUT2D eigenvalue weighted by Crippen LogP contribution is -2.53. The molecule has 1 saturated carbocycles. The smallest absolute Gasteiger partial charge is 0.322 e. The van der Waals surface area contributed by atoms with Crippen LogP contribution in [0.3, 0.4) is 0 Å². The van der Waals surface area contributed by atoms with Gasteiger partial charge >= 0.3 is 6.03 Å². The van der Waals surface area contributed by atoms with Gasteiger partial charge in [-0.15, -0.1) is 0 Å². The monoisotopic (exact) mass is 319 g/mol. The van der Waals surface area contributed by atoms with E-state index in [0.29, 0.717) is 30.7 Å². The van der Waals surface area contributed by atoms with Crippen LogP contribution in [-0.2, 0) is 11.2 Å². The van der Waals surface area contributed by atoms with Gasteiger partial charge in [0, 0.05) is 18.9 Å². The van der Waals surface area contributed by atoms with Crippen LogP contribution < -0.4 is 16.0 Å². The fourth-order valence-corrected chi connectivity index (χ4v) is 3.60. The molecule has 124 valence electrons. The van der Waals surface area contributed by atoms with E-state index in [2.05, 4.69) is 16.0 Å². The Bertz CT molecular complexity index is 639. The molecule has 1 aromatic heterocycles. The summed E-state index contributed by atoms with van der Waals surface area (Å²) in [5.41, 5.74) is -0.327. The second-order valence-electron chi connectivity index (χ2n) is 6.19. The van der Waals surface area contributed by atoms with E-state index < -0.39 is 11.6 Å². The van der Waals surface area contributed by atoms with Gasteiger partial charge in [-0.1, -0.05) is 13.3 Å². The predicted octanol–water partition coefficient (Wildman–Crippen LogP) is 1.34. The molecular weight excluding hydrogens is 298 g/mol. The highest BCUT2D eigenvalue weighted by atomic mass is 16.3. The van der Waals surface area contributed by atoms with Crippen LogP contribution in [0.2, 0.25) is 0 Å². The Hall–Kier alpha value is -2.31. The molecule has 2 fully saturated rings. The van der Waals surface area contributed by atoms with Gasteiger partial charge in [0.15, 0.2) is 0 Å². The van der Waals surface area contributed by atoms with E-state index in [0.717, 1.165) is 19.3 Å². The molecule has 0 unspecified atom stereocenters. The largest absolute Gasteiger partial charge is 0.469 e. The summed E-state index contributed by atoms with van der Waals surface area (Å²) in [4.78, 5) is 35.9. The number of hydrogen-bond acceptors (Lipinski definition) is 4. The average molecular weight is 319 g/mol. The van der Waals surface area contributed by atoms with Gasteiger partial charge in [-0.3, -0.25) is 14.9 Å². The third-order valence-corrected chi connectivity index (χ3v) is 4.77. The molecule has 7 heteroatoms. The van der Waals surface area contributed by atoms with Crippen molar-refractivity contribution in [3.05, 3.63) is 23.7 Å². The van der Waals surface area contributed by atoms with Crippen molar-refractivity contribution >= 4 is 17.8 Å². The lowest BCUT2D eigenvalue weighted by molar-refractivity contribution is -0.125. The van der Waals surface area contributed by atoms with Crippen molar-refractivity contribution in [1.29, 1.82) is 0 Å². The molecule has 2 atom stereocenters. The number of rotatable bonds is 5. The van der Waals surface area contributed by atoms with Crippen LogP contribution in [0.15, 0.2) is 16.7 Å². The first-order valence-corrected chi connectivity index (χ1v) is 8.05. The molecule has 2 aliphatic rings. The molecule has 0 aromatic carbocycles. The first kappa shape index (κ1) is 15.6. The zero-order valence-electron chi connectivity index (χ0n) is 13.1. The maximum atomic E-state index is 12.3. The predicted molar refractivity (Wildman–Crippen MR) is 81.8 cm³/mol. The van der Waals surface area contributed by atoms with Gasteiger partial charge in [-0.25, -0.2) is 4.79 Å². The SMILES string of the molecule is CCCc1occc1C(=O)NC[C@@H]1CCC[C@]12NC(=O)NC2=O. The van der Waals surface area contributed by atoms with Gasteiger partial charge in [0.25, 0.3) is 11.8 Å². The third kappa shape index (κ3) is 2.71. The number of imide groups is 1. The highest BCUT2D eigenvalue weighted by Gasteiger charge is 2.54. The minimum absolute atomic E-state index is 0.0978. The van der Waals surface area contributed by atoms with E-state index in [1.165, 1.54) is 6.26 Å². The van der Waals surface area contributed by atoms with E-state index in [9.17, 15) is 14.4 Å². The molecule has 1 aliphatic heterocycles. The minimum Gasteiger partial charge on any atom is -0.469 e. The number of furan rings is 1. The molecule has 3 rings (SSSR count). The van der Waals surface area contributed by atoms with Gasteiger partial charge in [0.05, 0.1) is 11.8 Å². The summed E-state index contributed by atoms with van der Waals surface area (Å²) in [5, 5.41) is 7.94. The summed E-state index contributed by atoms with van der Waals surface area (Å²) >= 11 is 0.